The van der Waals surface area contributed by atoms with E-state index in [2.05, 4.69) is 58.8 Å². The number of rotatable bonds is 1. The summed E-state index contributed by atoms with van der Waals surface area (Å²) in [6.45, 7) is 12.1. The second-order valence-electron chi connectivity index (χ2n) is 6.67. The number of halogens is 1. The molecular formula is C11H24INOS2Si2Te. The molecule has 2 heterocycles. The first-order valence-corrected chi connectivity index (χ1v) is 27.1. The van der Waals surface area contributed by atoms with Gasteiger partial charge in [0.05, 0.1) is 0 Å². The Hall–Kier alpha value is 2.15. The third-order valence-corrected chi connectivity index (χ3v) is 56.2. The molecule has 2 aliphatic heterocycles. The van der Waals surface area contributed by atoms with Crippen LogP contribution >= 0.6 is 39.9 Å². The zero-order valence-corrected chi connectivity index (χ0v) is 20.3. The zero-order chi connectivity index (χ0) is 14.3. The Bertz CT molecular complexity index is 362. The van der Waals surface area contributed by atoms with Crippen molar-refractivity contribution in [1.82, 2.24) is 4.90 Å². The molecule has 0 atom stereocenters. The van der Waals surface area contributed by atoms with E-state index in [1.165, 1.54) is 38.4 Å². The van der Waals surface area contributed by atoms with Gasteiger partial charge in [0.2, 0.25) is 0 Å². The SMILES string of the molecule is C[Si]1(C)C[Te](I)(SC(=S)N2CCCC2)C[Si](C)(C)O1. The molecule has 8 heteroatoms. The van der Waals surface area contributed by atoms with E-state index in [9.17, 15) is 0 Å². The van der Waals surface area contributed by atoms with Gasteiger partial charge in [0.15, 0.2) is 0 Å². The molecule has 0 aliphatic carbocycles. The topological polar surface area (TPSA) is 12.5 Å². The Balaban J connectivity index is 2.06. The summed E-state index contributed by atoms with van der Waals surface area (Å²) in [5, 5.41) is 0. The van der Waals surface area contributed by atoms with E-state index in [0.29, 0.717) is 0 Å². The fourth-order valence-corrected chi connectivity index (χ4v) is 92.8. The van der Waals surface area contributed by atoms with Crippen molar-refractivity contribution < 1.29 is 4.12 Å². The van der Waals surface area contributed by atoms with Crippen molar-refractivity contribution >= 4 is 73.7 Å². The van der Waals surface area contributed by atoms with Crippen LogP contribution in [0.1, 0.15) is 12.8 Å². The van der Waals surface area contributed by atoms with E-state index >= 15 is 0 Å². The number of likely N-dealkylation sites (tertiary alicyclic amines) is 1. The summed E-state index contributed by atoms with van der Waals surface area (Å²) in [5.41, 5.74) is 0. The van der Waals surface area contributed by atoms with Crippen molar-refractivity contribution in [3.8, 4) is 0 Å². The average Bonchev–Trinajstić information content (AvgIpc) is 2.61. The monoisotopic (exact) mass is 563 g/mol. The van der Waals surface area contributed by atoms with Crippen molar-refractivity contribution in [2.75, 3.05) is 13.1 Å². The van der Waals surface area contributed by atoms with E-state index in [-0.39, 0.29) is 0 Å². The molecular weight excluding hydrogens is 537 g/mol. The molecule has 0 amide bonds. The molecule has 0 N–H and O–H groups in total. The number of nitrogens with zero attached hydrogens (tertiary/aromatic N) is 1. The Morgan fingerprint density at radius 3 is 2.11 bits per heavy atom. The van der Waals surface area contributed by atoms with E-state index in [1.807, 2.05) is 0 Å². The van der Waals surface area contributed by atoms with Crippen LogP contribution in [0, 0.1) is 0 Å². The molecule has 0 aromatic rings. The van der Waals surface area contributed by atoms with Gasteiger partial charge in [-0.2, -0.15) is 0 Å². The molecule has 0 saturated carbocycles. The van der Waals surface area contributed by atoms with Gasteiger partial charge in [-0.3, -0.25) is 0 Å². The van der Waals surface area contributed by atoms with Crippen LogP contribution in [0.4, 0.5) is 0 Å². The third kappa shape index (κ3) is 5.08. The van der Waals surface area contributed by atoms with Gasteiger partial charge in [-0.05, 0) is 0 Å². The molecule has 2 nitrogen and oxygen atoms in total. The minimum absolute atomic E-state index is 1.19. The van der Waals surface area contributed by atoms with Crippen molar-refractivity contribution in [1.29, 1.82) is 0 Å². The molecule has 2 saturated heterocycles. The van der Waals surface area contributed by atoms with E-state index in [0.717, 1.165) is 0 Å². The molecule has 2 rings (SSSR count). The minimum atomic E-state index is -1.93. The maximum atomic E-state index is 6.51. The molecule has 2 aliphatic rings. The number of hydrogen-bond acceptors (Lipinski definition) is 3. The van der Waals surface area contributed by atoms with Gasteiger partial charge in [0.1, 0.15) is 0 Å². The van der Waals surface area contributed by atoms with Crippen LogP contribution in [0.5, 0.6) is 0 Å². The van der Waals surface area contributed by atoms with E-state index in [1.54, 1.807) is 0 Å². The van der Waals surface area contributed by atoms with Crippen LogP contribution < -0.4 is 0 Å². The van der Waals surface area contributed by atoms with Gasteiger partial charge in [-0.15, -0.1) is 0 Å². The van der Waals surface area contributed by atoms with Crippen LogP contribution in [0.2, 0.25) is 34.4 Å². The summed E-state index contributed by atoms with van der Waals surface area (Å²) in [6, 6.07) is 0. The predicted octanol–water partition coefficient (Wildman–Crippen LogP) is 4.50. The summed E-state index contributed by atoms with van der Waals surface area (Å²) in [4.78, 5) is 2.45. The molecule has 0 unspecified atom stereocenters. The standard InChI is InChI=1S/C11H24INOS2Si2Te/c1-17(2)9-19(12,10-18(3,4)14-17)16-11(15)13-7-5-6-8-13/h5-10H2,1-4H3. The van der Waals surface area contributed by atoms with E-state index < -0.39 is 29.5 Å². The normalized spacial score (nSPS) is 30.1. The van der Waals surface area contributed by atoms with Crippen LogP contribution in [0.25, 0.3) is 0 Å². The first-order valence-electron chi connectivity index (χ1n) is 6.78. The van der Waals surface area contributed by atoms with Crippen LogP contribution in [-0.2, 0) is 4.12 Å². The number of thiocarbonyl (C=S) groups is 1. The molecule has 0 aromatic carbocycles. The van der Waals surface area contributed by atoms with Crippen molar-refractivity contribution in [3.05, 3.63) is 0 Å². The van der Waals surface area contributed by atoms with Gasteiger partial charge in [0, 0.05) is 0 Å². The molecule has 0 bridgehead atoms. The third-order valence-electron chi connectivity index (χ3n) is 3.26. The van der Waals surface area contributed by atoms with Gasteiger partial charge in [-0.1, -0.05) is 0 Å². The van der Waals surface area contributed by atoms with Gasteiger partial charge in [0.25, 0.3) is 0 Å². The van der Waals surface area contributed by atoms with E-state index in [4.69, 9.17) is 16.3 Å². The molecule has 19 heavy (non-hydrogen) atoms. The van der Waals surface area contributed by atoms with Gasteiger partial charge >= 0.3 is 143 Å². The van der Waals surface area contributed by atoms with Crippen LogP contribution in [0.15, 0.2) is 0 Å². The van der Waals surface area contributed by atoms with Crippen LogP contribution in [-0.4, -0.2) is 51.8 Å². The Kier molecular flexibility index (Phi) is 5.84. The Morgan fingerprint density at radius 1 is 1.16 bits per heavy atom. The Morgan fingerprint density at radius 2 is 1.63 bits per heavy atom. The summed E-state index contributed by atoms with van der Waals surface area (Å²) < 4.78 is 10.5. The first-order chi connectivity index (χ1) is 8.61. The summed E-state index contributed by atoms with van der Waals surface area (Å²) >= 11 is 6.68. The predicted molar refractivity (Wildman–Crippen MR) is 106 cm³/mol. The Labute approximate surface area is 141 Å². The average molecular weight is 561 g/mol. The van der Waals surface area contributed by atoms with Crippen molar-refractivity contribution in [2.45, 2.75) is 47.2 Å². The van der Waals surface area contributed by atoms with Gasteiger partial charge in [-0.25, -0.2) is 0 Å². The molecule has 0 spiro atoms. The molecule has 112 valence electrons. The fourth-order valence-electron chi connectivity index (χ4n) is 3.04. The van der Waals surface area contributed by atoms with Gasteiger partial charge < -0.3 is 0 Å². The second kappa shape index (κ2) is 6.34. The van der Waals surface area contributed by atoms with Crippen LogP contribution in [0.3, 0.4) is 0 Å². The molecule has 0 aromatic heterocycles. The maximum absolute atomic E-state index is 6.51. The molecule has 2 fully saturated rings. The number of hydrogen-bond donors (Lipinski definition) is 0. The quantitative estimate of drug-likeness (QED) is 0.266. The van der Waals surface area contributed by atoms with Crippen molar-refractivity contribution in [3.63, 3.8) is 0 Å². The summed E-state index contributed by atoms with van der Waals surface area (Å²) in [7, 11) is -0.708. The zero-order valence-electron chi connectivity index (χ0n) is 12.2. The summed E-state index contributed by atoms with van der Waals surface area (Å²) in [6.07, 6.45) is 2.65. The first kappa shape index (κ1) is 17.5. The summed E-state index contributed by atoms with van der Waals surface area (Å²) in [5.74, 6) is 0. The second-order valence-corrected chi connectivity index (χ2v) is 46.4. The molecule has 0 radical (unpaired) electrons. The van der Waals surface area contributed by atoms with Crippen molar-refractivity contribution in [2.24, 2.45) is 0 Å². The fraction of sp³-hybridized carbons (Fsp3) is 0.909.